The number of carboxylic acids is 1. The second kappa shape index (κ2) is 6.86. The number of hydrogen-bond acceptors (Lipinski definition) is 6. The standard InChI is InChI=1S/C11H17N3O5/c1-12(2)5-6-13(8-11(15)16)7-9-3-4-10(19-9)14(17)18/h3-4H,5-8H2,1-2H3,(H,15,16). The van der Waals surface area contributed by atoms with Crippen LogP contribution in [0, 0.1) is 10.1 Å². The van der Waals surface area contributed by atoms with E-state index in [1.54, 1.807) is 4.90 Å². The van der Waals surface area contributed by atoms with Gasteiger partial charge in [-0.05, 0) is 20.2 Å². The zero-order valence-corrected chi connectivity index (χ0v) is 10.9. The molecule has 1 rings (SSSR count). The highest BCUT2D eigenvalue weighted by Gasteiger charge is 2.16. The lowest BCUT2D eigenvalue weighted by Gasteiger charge is -2.20. The maximum Gasteiger partial charge on any atom is 0.433 e. The molecule has 0 radical (unpaired) electrons. The molecule has 0 aliphatic rings. The molecule has 1 aromatic rings. The van der Waals surface area contributed by atoms with Crippen molar-refractivity contribution in [3.05, 3.63) is 28.0 Å². The van der Waals surface area contributed by atoms with Gasteiger partial charge >= 0.3 is 11.9 Å². The van der Waals surface area contributed by atoms with Crippen LogP contribution in [0.2, 0.25) is 0 Å². The van der Waals surface area contributed by atoms with Gasteiger partial charge < -0.3 is 14.4 Å². The summed E-state index contributed by atoms with van der Waals surface area (Å²) < 4.78 is 5.02. The predicted molar refractivity (Wildman–Crippen MR) is 66.8 cm³/mol. The van der Waals surface area contributed by atoms with Gasteiger partial charge in [-0.2, -0.15) is 0 Å². The average Bonchev–Trinajstić information content (AvgIpc) is 2.73. The van der Waals surface area contributed by atoms with E-state index < -0.39 is 10.9 Å². The van der Waals surface area contributed by atoms with E-state index in [0.29, 0.717) is 18.8 Å². The summed E-state index contributed by atoms with van der Waals surface area (Å²) in [6.45, 7) is 1.32. The number of hydrogen-bond donors (Lipinski definition) is 1. The molecule has 0 bridgehead atoms. The molecule has 0 fully saturated rings. The Morgan fingerprint density at radius 3 is 2.58 bits per heavy atom. The van der Waals surface area contributed by atoms with Gasteiger partial charge in [0.05, 0.1) is 19.2 Å². The molecule has 106 valence electrons. The van der Waals surface area contributed by atoms with Crippen molar-refractivity contribution in [1.82, 2.24) is 9.80 Å². The van der Waals surface area contributed by atoms with Crippen molar-refractivity contribution < 1.29 is 19.2 Å². The molecular formula is C11H17N3O5. The monoisotopic (exact) mass is 271 g/mol. The van der Waals surface area contributed by atoms with Gasteiger partial charge in [-0.3, -0.25) is 19.8 Å². The van der Waals surface area contributed by atoms with Crippen LogP contribution in [0.4, 0.5) is 5.88 Å². The normalized spacial score (nSPS) is 11.2. The van der Waals surface area contributed by atoms with Gasteiger partial charge in [0.1, 0.15) is 10.7 Å². The van der Waals surface area contributed by atoms with Crippen LogP contribution in [0.15, 0.2) is 16.5 Å². The van der Waals surface area contributed by atoms with Crippen LogP contribution >= 0.6 is 0 Å². The Labute approximate surface area is 110 Å². The fraction of sp³-hybridized carbons (Fsp3) is 0.545. The van der Waals surface area contributed by atoms with Crippen LogP contribution in [-0.2, 0) is 11.3 Å². The average molecular weight is 271 g/mol. The van der Waals surface area contributed by atoms with E-state index in [2.05, 4.69) is 0 Å². The van der Waals surface area contributed by atoms with Gasteiger partial charge in [-0.25, -0.2) is 0 Å². The molecule has 8 nitrogen and oxygen atoms in total. The molecule has 19 heavy (non-hydrogen) atoms. The number of aliphatic carboxylic acids is 1. The molecule has 0 saturated heterocycles. The number of nitrogens with zero attached hydrogens (tertiary/aromatic N) is 3. The second-order valence-corrected chi connectivity index (χ2v) is 4.40. The molecule has 0 atom stereocenters. The molecule has 1 aromatic heterocycles. The minimum Gasteiger partial charge on any atom is -0.480 e. The minimum absolute atomic E-state index is 0.137. The molecule has 0 aromatic carbocycles. The Morgan fingerprint density at radius 2 is 2.11 bits per heavy atom. The van der Waals surface area contributed by atoms with Gasteiger partial charge in [0.15, 0.2) is 0 Å². The number of rotatable bonds is 8. The quantitative estimate of drug-likeness (QED) is 0.546. The Bertz CT molecular complexity index is 443. The molecule has 0 unspecified atom stereocenters. The largest absolute Gasteiger partial charge is 0.480 e. The van der Waals surface area contributed by atoms with E-state index >= 15 is 0 Å². The van der Waals surface area contributed by atoms with Gasteiger partial charge in [0.2, 0.25) is 0 Å². The van der Waals surface area contributed by atoms with Gasteiger partial charge in [-0.15, -0.1) is 0 Å². The van der Waals surface area contributed by atoms with Crippen molar-refractivity contribution in [1.29, 1.82) is 0 Å². The first kappa shape index (κ1) is 15.1. The Morgan fingerprint density at radius 1 is 1.42 bits per heavy atom. The lowest BCUT2D eigenvalue weighted by molar-refractivity contribution is -0.402. The second-order valence-electron chi connectivity index (χ2n) is 4.40. The zero-order chi connectivity index (χ0) is 14.4. The van der Waals surface area contributed by atoms with Crippen molar-refractivity contribution in [2.45, 2.75) is 6.54 Å². The zero-order valence-electron chi connectivity index (χ0n) is 10.9. The summed E-state index contributed by atoms with van der Waals surface area (Å²) >= 11 is 0. The van der Waals surface area contributed by atoms with E-state index in [1.165, 1.54) is 12.1 Å². The van der Waals surface area contributed by atoms with Crippen molar-refractivity contribution >= 4 is 11.9 Å². The van der Waals surface area contributed by atoms with E-state index in [9.17, 15) is 14.9 Å². The van der Waals surface area contributed by atoms with E-state index in [4.69, 9.17) is 9.52 Å². The number of carboxylic acid groups (broad SMARTS) is 1. The van der Waals surface area contributed by atoms with E-state index in [1.807, 2.05) is 19.0 Å². The van der Waals surface area contributed by atoms with Gasteiger partial charge in [0, 0.05) is 13.1 Å². The van der Waals surface area contributed by atoms with Crippen molar-refractivity contribution in [3.63, 3.8) is 0 Å². The van der Waals surface area contributed by atoms with Crippen LogP contribution in [-0.4, -0.2) is 59.5 Å². The summed E-state index contributed by atoms with van der Waals surface area (Å²) in [7, 11) is 3.77. The first-order valence-corrected chi connectivity index (χ1v) is 5.70. The highest BCUT2D eigenvalue weighted by molar-refractivity contribution is 5.69. The predicted octanol–water partition coefficient (Wildman–Crippen LogP) is 0.636. The number of carbonyl (C=O) groups is 1. The molecular weight excluding hydrogens is 254 g/mol. The maximum absolute atomic E-state index is 10.8. The lowest BCUT2D eigenvalue weighted by Crippen LogP contribution is -2.35. The summed E-state index contributed by atoms with van der Waals surface area (Å²) in [4.78, 5) is 24.2. The van der Waals surface area contributed by atoms with E-state index in [-0.39, 0.29) is 19.0 Å². The molecule has 8 heteroatoms. The summed E-state index contributed by atoms with van der Waals surface area (Å²) in [5.74, 6) is -0.899. The van der Waals surface area contributed by atoms with Crippen molar-refractivity contribution in [2.24, 2.45) is 0 Å². The van der Waals surface area contributed by atoms with Crippen LogP contribution < -0.4 is 0 Å². The maximum atomic E-state index is 10.8. The van der Waals surface area contributed by atoms with Crippen LogP contribution in [0.3, 0.4) is 0 Å². The third kappa shape index (κ3) is 5.49. The molecule has 0 spiro atoms. The topological polar surface area (TPSA) is 100 Å². The SMILES string of the molecule is CN(C)CCN(CC(=O)O)Cc1ccc([N+](=O)[O-])o1. The van der Waals surface area contributed by atoms with Crippen LogP contribution in [0.25, 0.3) is 0 Å². The number of furan rings is 1. The first-order chi connectivity index (χ1) is 8.88. The summed E-state index contributed by atoms with van der Waals surface area (Å²) in [5.41, 5.74) is 0. The van der Waals surface area contributed by atoms with Crippen molar-refractivity contribution in [3.8, 4) is 0 Å². The Hall–Kier alpha value is -1.93. The molecule has 0 aliphatic heterocycles. The number of likely N-dealkylation sites (N-methyl/N-ethyl adjacent to an activating group) is 1. The van der Waals surface area contributed by atoms with Crippen LogP contribution in [0.5, 0.6) is 0 Å². The summed E-state index contributed by atoms with van der Waals surface area (Å²) in [5, 5.41) is 19.3. The number of nitro groups is 1. The Balaban J connectivity index is 2.63. The minimum atomic E-state index is -0.945. The summed E-state index contributed by atoms with van der Waals surface area (Å²) in [6.07, 6.45) is 0. The fourth-order valence-corrected chi connectivity index (χ4v) is 1.52. The van der Waals surface area contributed by atoms with Crippen LogP contribution in [0.1, 0.15) is 5.76 Å². The third-order valence-corrected chi connectivity index (χ3v) is 2.43. The van der Waals surface area contributed by atoms with Gasteiger partial charge in [0.25, 0.3) is 0 Å². The smallest absolute Gasteiger partial charge is 0.433 e. The van der Waals surface area contributed by atoms with Gasteiger partial charge in [-0.1, -0.05) is 0 Å². The lowest BCUT2D eigenvalue weighted by atomic mass is 10.3. The first-order valence-electron chi connectivity index (χ1n) is 5.70. The Kier molecular flexibility index (Phi) is 5.46. The molecule has 1 heterocycles. The fourth-order valence-electron chi connectivity index (χ4n) is 1.52. The highest BCUT2D eigenvalue weighted by Crippen LogP contribution is 2.17. The third-order valence-electron chi connectivity index (χ3n) is 2.43. The summed E-state index contributed by atoms with van der Waals surface area (Å²) in [6, 6.07) is 2.75. The molecule has 1 N–H and O–H groups in total. The van der Waals surface area contributed by atoms with Crippen molar-refractivity contribution in [2.75, 3.05) is 33.7 Å². The molecule has 0 saturated carbocycles. The molecule has 0 amide bonds. The van der Waals surface area contributed by atoms with E-state index in [0.717, 1.165) is 0 Å². The molecule has 0 aliphatic carbocycles. The highest BCUT2D eigenvalue weighted by atomic mass is 16.6.